The fraction of sp³-hybridized carbons (Fsp3) is 0.591. The molecule has 4 heteroatoms. The lowest BCUT2D eigenvalue weighted by atomic mass is 9.57. The molecule has 1 heterocycles. The van der Waals surface area contributed by atoms with E-state index in [1.165, 1.54) is 6.42 Å². The van der Waals surface area contributed by atoms with Crippen molar-refractivity contribution < 1.29 is 9.26 Å². The molecule has 1 fully saturated rings. The smallest absolute Gasteiger partial charge is 0.174 e. The Bertz CT molecular complexity index is 700. The summed E-state index contributed by atoms with van der Waals surface area (Å²) in [5.74, 6) is 2.26. The van der Waals surface area contributed by atoms with Gasteiger partial charge in [-0.1, -0.05) is 58.0 Å². The molecule has 0 saturated heterocycles. The molecule has 2 unspecified atom stereocenters. The van der Waals surface area contributed by atoms with Gasteiger partial charge in [0.05, 0.1) is 5.69 Å². The van der Waals surface area contributed by atoms with Crippen LogP contribution in [-0.2, 0) is 13.0 Å². The lowest BCUT2D eigenvalue weighted by molar-refractivity contribution is 0.00912. The Labute approximate surface area is 157 Å². The first-order valence-corrected chi connectivity index (χ1v) is 9.60. The van der Waals surface area contributed by atoms with Gasteiger partial charge in [-0.3, -0.25) is 0 Å². The predicted octanol–water partition coefficient (Wildman–Crippen LogP) is 4.85. The Hall–Kier alpha value is -1.81. The van der Waals surface area contributed by atoms with E-state index in [2.05, 4.69) is 45.1 Å². The van der Waals surface area contributed by atoms with Crippen molar-refractivity contribution in [2.45, 2.75) is 60.1 Å². The van der Waals surface area contributed by atoms with Crippen molar-refractivity contribution >= 4 is 0 Å². The van der Waals surface area contributed by atoms with Crippen molar-refractivity contribution in [3.8, 4) is 5.75 Å². The van der Waals surface area contributed by atoms with E-state index < -0.39 is 0 Å². The number of aromatic nitrogens is 1. The Kier molecular flexibility index (Phi) is 5.42. The monoisotopic (exact) mass is 356 g/mol. The molecule has 4 nitrogen and oxygen atoms in total. The molecule has 2 atom stereocenters. The normalized spacial score (nSPS) is 22.0. The van der Waals surface area contributed by atoms with Gasteiger partial charge in [-0.25, -0.2) is 0 Å². The number of hydrogen-bond donors (Lipinski definition) is 1. The van der Waals surface area contributed by atoms with E-state index in [4.69, 9.17) is 9.26 Å². The van der Waals surface area contributed by atoms with Crippen LogP contribution in [0, 0.1) is 16.7 Å². The van der Waals surface area contributed by atoms with E-state index in [-0.39, 0.29) is 5.41 Å². The molecular weight excluding hydrogens is 324 g/mol. The molecule has 0 spiro atoms. The Morgan fingerprint density at radius 3 is 2.62 bits per heavy atom. The molecule has 1 aliphatic rings. The molecule has 142 valence electrons. The first kappa shape index (κ1) is 19.0. The molecule has 1 aromatic carbocycles. The first-order chi connectivity index (χ1) is 12.2. The maximum Gasteiger partial charge on any atom is 0.174 e. The van der Waals surface area contributed by atoms with Gasteiger partial charge < -0.3 is 14.6 Å². The van der Waals surface area contributed by atoms with E-state index in [1.807, 2.05) is 36.4 Å². The number of rotatable bonds is 7. The van der Waals surface area contributed by atoms with Gasteiger partial charge in [0.1, 0.15) is 12.4 Å². The van der Waals surface area contributed by atoms with Gasteiger partial charge in [-0.2, -0.15) is 0 Å². The highest BCUT2D eigenvalue weighted by atomic mass is 16.5. The highest BCUT2D eigenvalue weighted by Crippen LogP contribution is 2.48. The van der Waals surface area contributed by atoms with Gasteiger partial charge in [0.15, 0.2) is 5.76 Å². The van der Waals surface area contributed by atoms with Gasteiger partial charge in [0.2, 0.25) is 0 Å². The van der Waals surface area contributed by atoms with Crippen LogP contribution in [0.4, 0.5) is 0 Å². The second kappa shape index (κ2) is 7.43. The van der Waals surface area contributed by atoms with E-state index >= 15 is 0 Å². The SMILES string of the molecule is CC(C)(C)CNC1CC(Cc2cc(COc3ccccc3)on2)C1(C)C. The highest BCUT2D eigenvalue weighted by Gasteiger charge is 2.47. The van der Waals surface area contributed by atoms with Crippen LogP contribution in [0.25, 0.3) is 0 Å². The third-order valence-corrected chi connectivity index (χ3v) is 5.54. The Morgan fingerprint density at radius 2 is 1.96 bits per heavy atom. The first-order valence-electron chi connectivity index (χ1n) is 9.60. The Balaban J connectivity index is 1.49. The lowest BCUT2D eigenvalue weighted by Crippen LogP contribution is -2.58. The van der Waals surface area contributed by atoms with Gasteiger partial charge in [-0.05, 0) is 41.7 Å². The van der Waals surface area contributed by atoms with Crippen LogP contribution in [-0.4, -0.2) is 17.7 Å². The summed E-state index contributed by atoms with van der Waals surface area (Å²) < 4.78 is 11.2. The van der Waals surface area contributed by atoms with Crippen molar-refractivity contribution in [3.63, 3.8) is 0 Å². The number of para-hydroxylation sites is 1. The average Bonchev–Trinajstić information content (AvgIpc) is 3.03. The van der Waals surface area contributed by atoms with Crippen LogP contribution in [0.15, 0.2) is 40.9 Å². The highest BCUT2D eigenvalue weighted by molar-refractivity contribution is 5.21. The van der Waals surface area contributed by atoms with Crippen LogP contribution in [0.3, 0.4) is 0 Å². The maximum atomic E-state index is 5.73. The second-order valence-electron chi connectivity index (χ2n) is 9.34. The predicted molar refractivity (Wildman–Crippen MR) is 104 cm³/mol. The van der Waals surface area contributed by atoms with Gasteiger partial charge >= 0.3 is 0 Å². The zero-order chi connectivity index (χ0) is 18.8. The number of nitrogens with one attached hydrogen (secondary N) is 1. The van der Waals surface area contributed by atoms with Crippen molar-refractivity contribution in [1.29, 1.82) is 0 Å². The minimum Gasteiger partial charge on any atom is -0.486 e. The average molecular weight is 357 g/mol. The minimum absolute atomic E-state index is 0.283. The molecule has 26 heavy (non-hydrogen) atoms. The molecule has 0 bridgehead atoms. The molecule has 2 aromatic rings. The fourth-order valence-corrected chi connectivity index (χ4v) is 3.58. The van der Waals surface area contributed by atoms with Crippen LogP contribution in [0.2, 0.25) is 0 Å². The summed E-state index contributed by atoms with van der Waals surface area (Å²) in [5.41, 5.74) is 1.63. The molecule has 0 aliphatic heterocycles. The number of nitrogens with zero attached hydrogens (tertiary/aromatic N) is 1. The zero-order valence-electron chi connectivity index (χ0n) is 16.7. The topological polar surface area (TPSA) is 47.3 Å². The van der Waals surface area contributed by atoms with Crippen molar-refractivity contribution in [2.75, 3.05) is 6.54 Å². The fourth-order valence-electron chi connectivity index (χ4n) is 3.58. The summed E-state index contributed by atoms with van der Waals surface area (Å²) in [7, 11) is 0. The summed E-state index contributed by atoms with van der Waals surface area (Å²) in [5, 5.41) is 8.00. The standard InChI is InChI=1S/C22H32N2O2/c1-21(2,3)15-23-20-12-16(22(20,4)5)11-17-13-19(26-24-17)14-25-18-9-7-6-8-10-18/h6-10,13,16,20,23H,11-12,14-15H2,1-5H3. The van der Waals surface area contributed by atoms with Crippen LogP contribution in [0.1, 0.15) is 52.5 Å². The molecule has 1 N–H and O–H groups in total. The zero-order valence-corrected chi connectivity index (χ0v) is 16.7. The van der Waals surface area contributed by atoms with Crippen LogP contribution < -0.4 is 10.1 Å². The van der Waals surface area contributed by atoms with E-state index in [0.717, 1.165) is 30.2 Å². The number of ether oxygens (including phenoxy) is 1. The molecule has 1 saturated carbocycles. The minimum atomic E-state index is 0.283. The largest absolute Gasteiger partial charge is 0.486 e. The van der Waals surface area contributed by atoms with Gasteiger partial charge in [0, 0.05) is 18.7 Å². The van der Waals surface area contributed by atoms with Crippen molar-refractivity contribution in [3.05, 3.63) is 47.9 Å². The maximum absolute atomic E-state index is 5.73. The van der Waals surface area contributed by atoms with E-state index in [9.17, 15) is 0 Å². The second-order valence-corrected chi connectivity index (χ2v) is 9.34. The summed E-state index contributed by atoms with van der Waals surface area (Å²) in [6.07, 6.45) is 2.17. The number of hydrogen-bond acceptors (Lipinski definition) is 4. The van der Waals surface area contributed by atoms with Crippen molar-refractivity contribution in [2.24, 2.45) is 16.7 Å². The quantitative estimate of drug-likeness (QED) is 0.770. The van der Waals surface area contributed by atoms with Gasteiger partial charge in [-0.15, -0.1) is 0 Å². The van der Waals surface area contributed by atoms with E-state index in [0.29, 0.717) is 24.0 Å². The van der Waals surface area contributed by atoms with Crippen LogP contribution in [0.5, 0.6) is 5.75 Å². The van der Waals surface area contributed by atoms with Gasteiger partial charge in [0.25, 0.3) is 0 Å². The van der Waals surface area contributed by atoms with Crippen molar-refractivity contribution in [1.82, 2.24) is 10.5 Å². The Morgan fingerprint density at radius 1 is 1.23 bits per heavy atom. The molecule has 1 aromatic heterocycles. The van der Waals surface area contributed by atoms with Crippen LogP contribution >= 0.6 is 0 Å². The molecule has 1 aliphatic carbocycles. The lowest BCUT2D eigenvalue weighted by Gasteiger charge is -2.53. The molecule has 0 radical (unpaired) electrons. The molecular formula is C22H32N2O2. The third-order valence-electron chi connectivity index (χ3n) is 5.54. The summed E-state index contributed by atoms with van der Waals surface area (Å²) in [4.78, 5) is 0. The summed E-state index contributed by atoms with van der Waals surface area (Å²) in [6.45, 7) is 13.0. The third kappa shape index (κ3) is 4.67. The number of benzene rings is 1. The summed E-state index contributed by atoms with van der Waals surface area (Å²) in [6, 6.07) is 12.4. The van der Waals surface area contributed by atoms with E-state index in [1.54, 1.807) is 0 Å². The molecule has 0 amide bonds. The summed E-state index contributed by atoms with van der Waals surface area (Å²) >= 11 is 0. The molecule has 3 rings (SSSR count).